The van der Waals surface area contributed by atoms with Crippen molar-refractivity contribution in [1.82, 2.24) is 0 Å². The number of benzene rings is 3. The van der Waals surface area contributed by atoms with Gasteiger partial charge < -0.3 is 5.11 Å². The van der Waals surface area contributed by atoms with Gasteiger partial charge in [-0.3, -0.25) is 4.99 Å². The van der Waals surface area contributed by atoms with Crippen LogP contribution in [0.1, 0.15) is 5.56 Å². The molecule has 0 fully saturated rings. The fourth-order valence-electron chi connectivity index (χ4n) is 2.11. The molecule has 0 radical (unpaired) electrons. The molecule has 0 aliphatic rings. The second-order valence-electron chi connectivity index (χ2n) is 4.73. The van der Waals surface area contributed by atoms with Gasteiger partial charge in [0.15, 0.2) is 0 Å². The second kappa shape index (κ2) is 6.06. The van der Waals surface area contributed by atoms with Crippen LogP contribution >= 0.6 is 0 Å². The minimum absolute atomic E-state index is 0.189. The maximum absolute atomic E-state index is 9.67. The maximum atomic E-state index is 9.67. The predicted molar refractivity (Wildman–Crippen MR) is 87.2 cm³/mol. The van der Waals surface area contributed by atoms with Gasteiger partial charge in [0.1, 0.15) is 11.4 Å². The van der Waals surface area contributed by atoms with Crippen molar-refractivity contribution in [3.63, 3.8) is 0 Å². The van der Waals surface area contributed by atoms with E-state index in [1.54, 1.807) is 24.4 Å². The first-order chi connectivity index (χ1) is 10.3. The summed E-state index contributed by atoms with van der Waals surface area (Å²) in [5.41, 5.74) is 3.94. The normalized spacial score (nSPS) is 10.9. The predicted octanol–water partition coefficient (Wildman–Crippen LogP) is 4.81. The lowest BCUT2D eigenvalue weighted by molar-refractivity contribution is 0.477. The third-order valence-electron chi connectivity index (χ3n) is 3.25. The zero-order valence-electron chi connectivity index (χ0n) is 11.5. The van der Waals surface area contributed by atoms with E-state index >= 15 is 0 Å². The lowest BCUT2D eigenvalue weighted by atomic mass is 10.0. The number of phenolic OH excluding ortho intramolecular Hbond substituents is 1. The standard InChI is InChI=1S/C19H15NO/c21-19-9-5-4-8-18(19)20-14-15-10-12-17(13-11-15)16-6-2-1-3-7-16/h1-14,21H/b20-14+. The Balaban J connectivity index is 1.81. The van der Waals surface area contributed by atoms with Gasteiger partial charge in [-0.25, -0.2) is 0 Å². The van der Waals surface area contributed by atoms with E-state index in [4.69, 9.17) is 0 Å². The Morgan fingerprint density at radius 1 is 0.667 bits per heavy atom. The quantitative estimate of drug-likeness (QED) is 0.682. The summed E-state index contributed by atoms with van der Waals surface area (Å²) in [7, 11) is 0. The van der Waals surface area contributed by atoms with E-state index in [9.17, 15) is 5.11 Å². The Labute approximate surface area is 124 Å². The van der Waals surface area contributed by atoms with Gasteiger partial charge in [-0.2, -0.15) is 0 Å². The molecule has 0 spiro atoms. The van der Waals surface area contributed by atoms with Crippen LogP contribution in [0.15, 0.2) is 83.9 Å². The average molecular weight is 273 g/mol. The Hall–Kier alpha value is -2.87. The molecule has 0 heterocycles. The summed E-state index contributed by atoms with van der Waals surface area (Å²) >= 11 is 0. The minimum Gasteiger partial charge on any atom is -0.506 e. The van der Waals surface area contributed by atoms with Crippen molar-refractivity contribution in [3.8, 4) is 16.9 Å². The molecule has 3 aromatic carbocycles. The summed E-state index contributed by atoms with van der Waals surface area (Å²) in [5.74, 6) is 0.189. The summed E-state index contributed by atoms with van der Waals surface area (Å²) in [6, 6.07) is 25.5. The van der Waals surface area contributed by atoms with E-state index in [0.29, 0.717) is 5.69 Å². The van der Waals surface area contributed by atoms with Gasteiger partial charge in [0.05, 0.1) is 0 Å². The zero-order chi connectivity index (χ0) is 14.5. The van der Waals surface area contributed by atoms with Crippen LogP contribution in [0.25, 0.3) is 11.1 Å². The second-order valence-corrected chi connectivity index (χ2v) is 4.73. The summed E-state index contributed by atoms with van der Waals surface area (Å²) < 4.78 is 0. The highest BCUT2D eigenvalue weighted by molar-refractivity contribution is 5.83. The molecule has 0 saturated heterocycles. The number of nitrogens with zero attached hydrogens (tertiary/aromatic N) is 1. The van der Waals surface area contributed by atoms with Gasteiger partial charge in [-0.05, 0) is 28.8 Å². The minimum atomic E-state index is 0.189. The molecule has 0 aromatic heterocycles. The van der Waals surface area contributed by atoms with Gasteiger partial charge in [0, 0.05) is 6.21 Å². The van der Waals surface area contributed by atoms with E-state index in [1.165, 1.54) is 11.1 Å². The topological polar surface area (TPSA) is 32.6 Å². The Morgan fingerprint density at radius 3 is 2.00 bits per heavy atom. The fraction of sp³-hybridized carbons (Fsp3) is 0. The van der Waals surface area contributed by atoms with Gasteiger partial charge in [0.2, 0.25) is 0 Å². The van der Waals surface area contributed by atoms with Crippen molar-refractivity contribution < 1.29 is 5.11 Å². The highest BCUT2D eigenvalue weighted by Crippen LogP contribution is 2.25. The molecule has 2 nitrogen and oxygen atoms in total. The monoisotopic (exact) mass is 273 g/mol. The van der Waals surface area contributed by atoms with Crippen molar-refractivity contribution in [2.45, 2.75) is 0 Å². The highest BCUT2D eigenvalue weighted by atomic mass is 16.3. The molecular formula is C19H15NO. The molecule has 0 amide bonds. The molecule has 102 valence electrons. The third kappa shape index (κ3) is 3.18. The van der Waals surface area contributed by atoms with Crippen LogP contribution in [0.3, 0.4) is 0 Å². The smallest absolute Gasteiger partial charge is 0.141 e. The molecule has 0 bridgehead atoms. The number of rotatable bonds is 3. The summed E-state index contributed by atoms with van der Waals surface area (Å²) in [6.45, 7) is 0. The number of aliphatic imine (C=N–C) groups is 1. The van der Waals surface area contributed by atoms with E-state index in [1.807, 2.05) is 36.4 Å². The Morgan fingerprint density at radius 2 is 1.29 bits per heavy atom. The number of aromatic hydroxyl groups is 1. The van der Waals surface area contributed by atoms with Gasteiger partial charge in [-0.1, -0.05) is 66.7 Å². The molecule has 0 atom stereocenters. The van der Waals surface area contributed by atoms with Crippen molar-refractivity contribution in [3.05, 3.63) is 84.4 Å². The summed E-state index contributed by atoms with van der Waals surface area (Å²) in [4.78, 5) is 4.30. The third-order valence-corrected chi connectivity index (χ3v) is 3.25. The lowest BCUT2D eigenvalue weighted by Crippen LogP contribution is -1.82. The zero-order valence-corrected chi connectivity index (χ0v) is 11.5. The number of hydrogen-bond acceptors (Lipinski definition) is 2. The van der Waals surface area contributed by atoms with Crippen molar-refractivity contribution in [1.29, 1.82) is 0 Å². The summed E-state index contributed by atoms with van der Waals surface area (Å²) in [5, 5.41) is 9.67. The molecule has 0 aliphatic heterocycles. The SMILES string of the molecule is Oc1ccccc1/N=C/c1ccc(-c2ccccc2)cc1. The van der Waals surface area contributed by atoms with Gasteiger partial charge in [0.25, 0.3) is 0 Å². The number of para-hydroxylation sites is 2. The van der Waals surface area contributed by atoms with Crippen LogP contribution in [-0.4, -0.2) is 11.3 Å². The molecule has 0 unspecified atom stereocenters. The van der Waals surface area contributed by atoms with Crippen LogP contribution < -0.4 is 0 Å². The van der Waals surface area contributed by atoms with Crippen molar-refractivity contribution in [2.24, 2.45) is 4.99 Å². The average Bonchev–Trinajstić information content (AvgIpc) is 2.55. The van der Waals surface area contributed by atoms with Crippen molar-refractivity contribution >= 4 is 11.9 Å². The van der Waals surface area contributed by atoms with Gasteiger partial charge >= 0.3 is 0 Å². The molecular weight excluding hydrogens is 258 g/mol. The van der Waals surface area contributed by atoms with E-state index in [-0.39, 0.29) is 5.75 Å². The van der Waals surface area contributed by atoms with Crippen LogP contribution in [0, 0.1) is 0 Å². The first kappa shape index (κ1) is 13.1. The van der Waals surface area contributed by atoms with Crippen LogP contribution in [-0.2, 0) is 0 Å². The number of phenols is 1. The van der Waals surface area contributed by atoms with Crippen molar-refractivity contribution in [2.75, 3.05) is 0 Å². The van der Waals surface area contributed by atoms with Gasteiger partial charge in [-0.15, -0.1) is 0 Å². The number of hydrogen-bond donors (Lipinski definition) is 1. The van der Waals surface area contributed by atoms with E-state index < -0.39 is 0 Å². The Bertz CT molecular complexity index is 746. The fourth-order valence-corrected chi connectivity index (χ4v) is 2.11. The lowest BCUT2D eigenvalue weighted by Gasteiger charge is -2.02. The van der Waals surface area contributed by atoms with Crippen LogP contribution in [0.4, 0.5) is 5.69 Å². The highest BCUT2D eigenvalue weighted by Gasteiger charge is 1.97. The molecule has 3 aromatic rings. The first-order valence-electron chi connectivity index (χ1n) is 6.80. The molecule has 0 saturated carbocycles. The molecule has 1 N–H and O–H groups in total. The van der Waals surface area contributed by atoms with E-state index in [0.717, 1.165) is 5.56 Å². The molecule has 0 aliphatic carbocycles. The van der Waals surface area contributed by atoms with E-state index in [2.05, 4.69) is 29.3 Å². The molecule has 3 rings (SSSR count). The summed E-state index contributed by atoms with van der Waals surface area (Å²) in [6.07, 6.45) is 1.75. The van der Waals surface area contributed by atoms with Crippen LogP contribution in [0.5, 0.6) is 5.75 Å². The molecule has 2 heteroatoms. The Kier molecular flexibility index (Phi) is 3.79. The first-order valence-corrected chi connectivity index (χ1v) is 6.80. The molecule has 21 heavy (non-hydrogen) atoms. The maximum Gasteiger partial charge on any atom is 0.141 e. The van der Waals surface area contributed by atoms with Crippen LogP contribution in [0.2, 0.25) is 0 Å². The largest absolute Gasteiger partial charge is 0.506 e.